The molecule has 2 aromatic rings. The number of benzene rings is 1. The van der Waals surface area contributed by atoms with Crippen molar-refractivity contribution in [2.75, 3.05) is 13.1 Å². The third-order valence-electron chi connectivity index (χ3n) is 4.44. The molecule has 3 rings (SSSR count). The lowest BCUT2D eigenvalue weighted by atomic mass is 10.1. The topological polar surface area (TPSA) is 66.5 Å². The third kappa shape index (κ3) is 4.28. The van der Waals surface area contributed by atoms with E-state index in [9.17, 15) is 13.2 Å². The maximum Gasteiger partial charge on any atom is 0.251 e. The molecular weight excluding hydrogens is 392 g/mol. The highest BCUT2D eigenvalue weighted by Gasteiger charge is 2.28. The number of nitrogens with one attached hydrogen (secondary N) is 1. The van der Waals surface area contributed by atoms with Crippen LogP contribution in [0.5, 0.6) is 0 Å². The van der Waals surface area contributed by atoms with E-state index in [1.807, 2.05) is 6.07 Å². The quantitative estimate of drug-likeness (QED) is 0.811. The second-order valence-corrected chi connectivity index (χ2v) is 10.0. The molecule has 0 bridgehead atoms. The molecule has 1 saturated heterocycles. The van der Waals surface area contributed by atoms with E-state index in [0.29, 0.717) is 35.1 Å². The molecule has 1 aromatic heterocycles. The van der Waals surface area contributed by atoms with Gasteiger partial charge < -0.3 is 5.32 Å². The zero-order valence-electron chi connectivity index (χ0n) is 14.5. The Morgan fingerprint density at radius 3 is 2.58 bits per heavy atom. The van der Waals surface area contributed by atoms with Crippen LogP contribution in [0.4, 0.5) is 0 Å². The van der Waals surface area contributed by atoms with E-state index in [4.69, 9.17) is 11.6 Å². The Balaban J connectivity index is 1.79. The molecule has 0 spiro atoms. The summed E-state index contributed by atoms with van der Waals surface area (Å²) in [5.74, 6) is -0.301. The summed E-state index contributed by atoms with van der Waals surface area (Å²) < 4.78 is 28.1. The van der Waals surface area contributed by atoms with Crippen LogP contribution in [0.15, 0.2) is 35.2 Å². The van der Waals surface area contributed by atoms with Crippen LogP contribution in [-0.2, 0) is 16.6 Å². The SMILES string of the molecule is Cc1ccc(C(=O)NCc2ccc(Cl)s2)cc1S(=O)(=O)N1CCCCC1. The van der Waals surface area contributed by atoms with E-state index < -0.39 is 10.0 Å². The zero-order chi connectivity index (χ0) is 18.7. The second-order valence-electron chi connectivity index (χ2n) is 6.33. The highest BCUT2D eigenvalue weighted by atomic mass is 35.5. The number of halogens is 1. The summed E-state index contributed by atoms with van der Waals surface area (Å²) in [7, 11) is -3.57. The Morgan fingerprint density at radius 1 is 1.19 bits per heavy atom. The summed E-state index contributed by atoms with van der Waals surface area (Å²) in [6.07, 6.45) is 2.81. The van der Waals surface area contributed by atoms with Gasteiger partial charge in [0.15, 0.2) is 0 Å². The fourth-order valence-electron chi connectivity index (χ4n) is 2.98. The van der Waals surface area contributed by atoms with Gasteiger partial charge >= 0.3 is 0 Å². The summed E-state index contributed by atoms with van der Waals surface area (Å²) in [5.41, 5.74) is 0.992. The first-order valence-electron chi connectivity index (χ1n) is 8.51. The van der Waals surface area contributed by atoms with Crippen molar-refractivity contribution in [2.45, 2.75) is 37.6 Å². The van der Waals surface area contributed by atoms with Crippen molar-refractivity contribution in [3.63, 3.8) is 0 Å². The van der Waals surface area contributed by atoms with Crippen LogP contribution in [0.25, 0.3) is 0 Å². The van der Waals surface area contributed by atoms with Gasteiger partial charge in [0.1, 0.15) is 0 Å². The number of sulfonamides is 1. The van der Waals surface area contributed by atoms with Crippen LogP contribution < -0.4 is 5.32 Å². The van der Waals surface area contributed by atoms with Gasteiger partial charge in [0.05, 0.1) is 15.8 Å². The van der Waals surface area contributed by atoms with Crippen LogP contribution in [0.2, 0.25) is 4.34 Å². The molecular formula is C18H21ClN2O3S2. The average molecular weight is 413 g/mol. The van der Waals surface area contributed by atoms with Gasteiger partial charge in [0.2, 0.25) is 10.0 Å². The Bertz CT molecular complexity index is 903. The average Bonchev–Trinajstić information content (AvgIpc) is 3.06. The van der Waals surface area contributed by atoms with Crippen LogP contribution in [0.1, 0.15) is 40.1 Å². The van der Waals surface area contributed by atoms with Crippen molar-refractivity contribution in [2.24, 2.45) is 0 Å². The van der Waals surface area contributed by atoms with Crippen LogP contribution in [0.3, 0.4) is 0 Å². The summed E-state index contributed by atoms with van der Waals surface area (Å²) in [6.45, 7) is 3.19. The molecule has 1 fully saturated rings. The molecule has 1 aromatic carbocycles. The van der Waals surface area contributed by atoms with E-state index in [2.05, 4.69) is 5.32 Å². The van der Waals surface area contributed by atoms with E-state index >= 15 is 0 Å². The molecule has 26 heavy (non-hydrogen) atoms. The minimum absolute atomic E-state index is 0.214. The van der Waals surface area contributed by atoms with Crippen molar-refractivity contribution in [1.82, 2.24) is 9.62 Å². The largest absolute Gasteiger partial charge is 0.347 e. The summed E-state index contributed by atoms with van der Waals surface area (Å²) in [5, 5.41) is 2.81. The maximum absolute atomic E-state index is 12.9. The number of thiophene rings is 1. The zero-order valence-corrected chi connectivity index (χ0v) is 16.9. The molecule has 0 atom stereocenters. The molecule has 8 heteroatoms. The number of piperidine rings is 1. The first kappa shape index (κ1) is 19.4. The van der Waals surface area contributed by atoms with Gasteiger partial charge in [-0.2, -0.15) is 4.31 Å². The molecule has 5 nitrogen and oxygen atoms in total. The smallest absolute Gasteiger partial charge is 0.251 e. The molecule has 1 N–H and O–H groups in total. The maximum atomic E-state index is 12.9. The molecule has 1 aliphatic heterocycles. The molecule has 1 amide bonds. The first-order chi connectivity index (χ1) is 12.4. The summed E-state index contributed by atoms with van der Waals surface area (Å²) in [6, 6.07) is 8.46. The molecule has 0 aliphatic carbocycles. The predicted molar refractivity (Wildman–Crippen MR) is 104 cm³/mol. The van der Waals surface area contributed by atoms with Gasteiger partial charge in [-0.15, -0.1) is 11.3 Å². The van der Waals surface area contributed by atoms with Crippen LogP contribution in [0, 0.1) is 6.92 Å². The molecule has 0 unspecified atom stereocenters. The number of hydrogen-bond donors (Lipinski definition) is 1. The van der Waals surface area contributed by atoms with E-state index in [-0.39, 0.29) is 10.8 Å². The van der Waals surface area contributed by atoms with Crippen LogP contribution >= 0.6 is 22.9 Å². The van der Waals surface area contributed by atoms with Gasteiger partial charge in [-0.1, -0.05) is 24.1 Å². The molecule has 2 heterocycles. The van der Waals surface area contributed by atoms with Gasteiger partial charge in [-0.3, -0.25) is 4.79 Å². The number of amides is 1. The first-order valence-corrected chi connectivity index (χ1v) is 11.1. The Kier molecular flexibility index (Phi) is 6.02. The molecule has 140 valence electrons. The Hall–Kier alpha value is -1.41. The Labute approximate surface area is 163 Å². The highest BCUT2D eigenvalue weighted by Crippen LogP contribution is 2.25. The number of rotatable bonds is 5. The number of carbonyl (C=O) groups excluding carboxylic acids is 1. The van der Waals surface area contributed by atoms with Crippen molar-refractivity contribution in [3.8, 4) is 0 Å². The van der Waals surface area contributed by atoms with E-state index in [0.717, 1.165) is 24.1 Å². The van der Waals surface area contributed by atoms with E-state index in [1.165, 1.54) is 21.7 Å². The fraction of sp³-hybridized carbons (Fsp3) is 0.389. The number of nitrogens with zero attached hydrogens (tertiary/aromatic N) is 1. The Morgan fingerprint density at radius 2 is 1.92 bits per heavy atom. The lowest BCUT2D eigenvalue weighted by Gasteiger charge is -2.26. The summed E-state index contributed by atoms with van der Waals surface area (Å²) >= 11 is 7.29. The fourth-order valence-corrected chi connectivity index (χ4v) is 5.77. The number of hydrogen-bond acceptors (Lipinski definition) is 4. The minimum Gasteiger partial charge on any atom is -0.347 e. The standard InChI is InChI=1S/C18H21ClN2O3S2/c1-13-5-6-14(18(22)20-12-15-7-8-17(19)25-15)11-16(13)26(23,24)21-9-3-2-4-10-21/h5-8,11H,2-4,9-10,12H2,1H3,(H,20,22). The summed E-state index contributed by atoms with van der Waals surface area (Å²) in [4.78, 5) is 13.6. The van der Waals surface area contributed by atoms with Gasteiger partial charge in [-0.05, 0) is 49.6 Å². The minimum atomic E-state index is -3.57. The van der Waals surface area contributed by atoms with E-state index in [1.54, 1.807) is 25.1 Å². The normalized spacial score (nSPS) is 15.8. The van der Waals surface area contributed by atoms with Crippen molar-refractivity contribution >= 4 is 38.9 Å². The lowest BCUT2D eigenvalue weighted by Crippen LogP contribution is -2.36. The molecule has 1 aliphatic rings. The van der Waals surface area contributed by atoms with Crippen molar-refractivity contribution in [3.05, 3.63) is 50.7 Å². The van der Waals surface area contributed by atoms with Crippen molar-refractivity contribution in [1.29, 1.82) is 0 Å². The molecule has 0 radical (unpaired) electrons. The predicted octanol–water partition coefficient (Wildman–Crippen LogP) is 3.81. The third-order valence-corrected chi connectivity index (χ3v) is 7.71. The molecule has 0 saturated carbocycles. The second kappa shape index (κ2) is 8.08. The van der Waals surface area contributed by atoms with Gasteiger partial charge in [0, 0.05) is 23.5 Å². The monoisotopic (exact) mass is 412 g/mol. The van der Waals surface area contributed by atoms with Crippen molar-refractivity contribution < 1.29 is 13.2 Å². The van der Waals surface area contributed by atoms with Gasteiger partial charge in [-0.25, -0.2) is 8.42 Å². The number of aryl methyl sites for hydroxylation is 1. The highest BCUT2D eigenvalue weighted by molar-refractivity contribution is 7.89. The lowest BCUT2D eigenvalue weighted by molar-refractivity contribution is 0.0951. The van der Waals surface area contributed by atoms with Crippen LogP contribution in [-0.4, -0.2) is 31.7 Å². The van der Waals surface area contributed by atoms with Gasteiger partial charge in [0.25, 0.3) is 5.91 Å². The number of carbonyl (C=O) groups is 1.